The van der Waals surface area contributed by atoms with Gasteiger partial charge in [-0.2, -0.15) is 0 Å². The molecule has 0 rings (SSSR count). The van der Waals surface area contributed by atoms with Crippen molar-refractivity contribution in [3.05, 3.63) is 0 Å². The molecule has 66 valence electrons. The maximum atomic E-state index is 8.54. The molecule has 4 nitrogen and oxygen atoms in total. The third-order valence-electron chi connectivity index (χ3n) is 0.989. The van der Waals surface area contributed by atoms with Gasteiger partial charge in [0.15, 0.2) is 0 Å². The van der Waals surface area contributed by atoms with Crippen molar-refractivity contribution in [1.29, 1.82) is 0 Å². The summed E-state index contributed by atoms with van der Waals surface area (Å²) in [5.41, 5.74) is 2.64. The van der Waals surface area contributed by atoms with Gasteiger partial charge in [0.1, 0.15) is 0 Å². The topological polar surface area (TPSA) is 55.7 Å². The summed E-state index contributed by atoms with van der Waals surface area (Å²) in [6.45, 7) is 0.810. The molecule has 0 aromatic rings. The van der Waals surface area contributed by atoms with Gasteiger partial charge in [-0.1, -0.05) is 0 Å². The molecule has 3 N–H and O–H groups in total. The van der Waals surface area contributed by atoms with E-state index in [-0.39, 0.29) is 68.9 Å². The first kappa shape index (κ1) is 16.1. The number of hydrogen-bond acceptors (Lipinski definition) is 5. The number of hydrazine groups is 1. The van der Waals surface area contributed by atoms with E-state index in [4.69, 9.17) is 10.2 Å². The minimum Gasteiger partial charge on any atom is -0.410 e. The zero-order valence-electron chi connectivity index (χ0n) is 6.99. The number of rotatable bonds is 5. The first-order valence-electron chi connectivity index (χ1n) is 3.15. The molecule has 0 spiro atoms. The number of aliphatic hydroxyl groups excluding tert-OH is 2. The monoisotopic (exact) mass is 234 g/mol. The van der Waals surface area contributed by atoms with Crippen LogP contribution in [0.1, 0.15) is 0 Å². The smallest absolute Gasteiger partial charge is 0.410 e. The molecule has 0 atom stereocenters. The Bertz CT molecular complexity index is 122. The Morgan fingerprint density at radius 1 is 1.33 bits per heavy atom. The maximum Gasteiger partial charge on any atom is 1.00 e. The summed E-state index contributed by atoms with van der Waals surface area (Å²) in [5, 5.41) is 18.6. The van der Waals surface area contributed by atoms with Crippen molar-refractivity contribution in [3.8, 4) is 0 Å². The van der Waals surface area contributed by atoms with Gasteiger partial charge >= 0.3 is 51.4 Å². The van der Waals surface area contributed by atoms with Crippen LogP contribution in [-0.2, 0) is 12.6 Å². The molecule has 0 radical (unpaired) electrons. The molecule has 0 saturated heterocycles. The van der Waals surface area contributed by atoms with E-state index >= 15 is 0 Å². The second-order valence-electron chi connectivity index (χ2n) is 1.83. The molecule has 7 heteroatoms. The number of aliphatic hydroxyl groups is 2. The third-order valence-corrected chi connectivity index (χ3v) is 1.17. The van der Waals surface area contributed by atoms with Crippen LogP contribution in [0.2, 0.25) is 0 Å². The Balaban J connectivity index is 0. The van der Waals surface area contributed by atoms with Crippen LogP contribution >= 0.6 is 12.2 Å². The van der Waals surface area contributed by atoms with Crippen molar-refractivity contribution in [2.75, 3.05) is 26.3 Å². The fraction of sp³-hybridized carbons (Fsp3) is 0.800. The van der Waals surface area contributed by atoms with Crippen LogP contribution in [0, 0.1) is 0 Å². The van der Waals surface area contributed by atoms with Crippen LogP contribution < -0.4 is 56.8 Å². The molecule has 0 aliphatic rings. The Hall–Kier alpha value is 1.63. The summed E-state index contributed by atoms with van der Waals surface area (Å²) in [6, 6.07) is 0. The molecule has 0 aromatic carbocycles. The van der Waals surface area contributed by atoms with Gasteiger partial charge in [0.25, 0.3) is 0 Å². The molecule has 0 heterocycles. The SMILES string of the molecule is OCCN(CCO)NC(=S)[S-].[K+]. The van der Waals surface area contributed by atoms with Gasteiger partial charge < -0.3 is 40.5 Å². The fourth-order valence-electron chi connectivity index (χ4n) is 0.594. The zero-order chi connectivity index (χ0) is 8.69. The number of thiocarbonyl (C=S) groups is 1. The van der Waals surface area contributed by atoms with E-state index in [0.29, 0.717) is 13.1 Å². The van der Waals surface area contributed by atoms with E-state index in [9.17, 15) is 0 Å². The van der Waals surface area contributed by atoms with Crippen molar-refractivity contribution < 1.29 is 61.6 Å². The Labute approximate surface area is 126 Å². The normalized spacial score (nSPS) is 9.25. The van der Waals surface area contributed by atoms with E-state index in [0.717, 1.165) is 0 Å². The van der Waals surface area contributed by atoms with Crippen molar-refractivity contribution in [2.45, 2.75) is 0 Å². The third kappa shape index (κ3) is 9.71. The average Bonchev–Trinajstić information content (AvgIpc) is 1.87. The van der Waals surface area contributed by atoms with Crippen molar-refractivity contribution >= 4 is 29.2 Å². The standard InChI is InChI=1S/C5H12N2O2S2.K/c8-3-1-7(2-4-9)6-5(10)11;/h8-9H,1-4H2,(H2,6,10,11);/q;+1/p-1. The summed E-state index contributed by atoms with van der Waals surface area (Å²) in [4.78, 5) is 0. The zero-order valence-corrected chi connectivity index (χ0v) is 11.7. The number of nitrogens with zero attached hydrogens (tertiary/aromatic N) is 1. The average molecular weight is 234 g/mol. The molecule has 0 amide bonds. The molecular formula is C5H11KN2O2S2. The van der Waals surface area contributed by atoms with Gasteiger partial charge in [0.05, 0.1) is 13.2 Å². The van der Waals surface area contributed by atoms with Gasteiger partial charge in [0, 0.05) is 13.1 Å². The molecule has 0 aliphatic heterocycles. The fourth-order valence-corrected chi connectivity index (χ4v) is 0.852. The summed E-state index contributed by atoms with van der Waals surface area (Å²) in [5.74, 6) is 0. The molecular weight excluding hydrogens is 223 g/mol. The van der Waals surface area contributed by atoms with Crippen LogP contribution in [0.3, 0.4) is 0 Å². The van der Waals surface area contributed by atoms with Gasteiger partial charge in [-0.05, 0) is 4.32 Å². The summed E-state index contributed by atoms with van der Waals surface area (Å²) >= 11 is 9.20. The molecule has 0 bridgehead atoms. The molecule has 0 aromatic heterocycles. The van der Waals surface area contributed by atoms with Crippen LogP contribution in [0.15, 0.2) is 0 Å². The molecule has 0 saturated carbocycles. The van der Waals surface area contributed by atoms with Crippen LogP contribution in [0.5, 0.6) is 0 Å². The van der Waals surface area contributed by atoms with Gasteiger partial charge in [-0.15, -0.1) is 0 Å². The number of nitrogens with one attached hydrogen (secondary N) is 1. The van der Waals surface area contributed by atoms with Gasteiger partial charge in [-0.3, -0.25) is 0 Å². The minimum atomic E-state index is 0. The van der Waals surface area contributed by atoms with Crippen LogP contribution in [0.25, 0.3) is 0 Å². The van der Waals surface area contributed by atoms with E-state index in [1.54, 1.807) is 5.01 Å². The molecule has 0 fully saturated rings. The first-order chi connectivity index (χ1) is 5.20. The molecule has 12 heavy (non-hydrogen) atoms. The van der Waals surface area contributed by atoms with Crippen molar-refractivity contribution in [2.24, 2.45) is 0 Å². The van der Waals surface area contributed by atoms with E-state index in [2.05, 4.69) is 30.3 Å². The Morgan fingerprint density at radius 2 is 1.75 bits per heavy atom. The summed E-state index contributed by atoms with van der Waals surface area (Å²) in [6.07, 6.45) is 0. The number of hydrogen-bond donors (Lipinski definition) is 3. The van der Waals surface area contributed by atoms with Crippen molar-refractivity contribution in [3.63, 3.8) is 0 Å². The Morgan fingerprint density at radius 3 is 2.00 bits per heavy atom. The van der Waals surface area contributed by atoms with E-state index in [1.165, 1.54) is 0 Å². The van der Waals surface area contributed by atoms with Crippen LogP contribution in [-0.4, -0.2) is 45.8 Å². The van der Waals surface area contributed by atoms with Crippen LogP contribution in [0.4, 0.5) is 0 Å². The maximum absolute atomic E-state index is 8.54. The summed E-state index contributed by atoms with van der Waals surface area (Å²) < 4.78 is 0.215. The first-order valence-corrected chi connectivity index (χ1v) is 3.96. The molecule has 0 unspecified atom stereocenters. The van der Waals surface area contributed by atoms with Crippen molar-refractivity contribution in [1.82, 2.24) is 10.4 Å². The van der Waals surface area contributed by atoms with E-state index in [1.807, 2.05) is 0 Å². The van der Waals surface area contributed by atoms with E-state index < -0.39 is 0 Å². The predicted octanol–water partition coefficient (Wildman–Crippen LogP) is -4.39. The van der Waals surface area contributed by atoms with Gasteiger partial charge in [0.2, 0.25) is 0 Å². The second-order valence-corrected chi connectivity index (χ2v) is 2.91. The predicted molar refractivity (Wildman–Crippen MR) is 48.8 cm³/mol. The molecule has 0 aliphatic carbocycles. The quantitative estimate of drug-likeness (QED) is 0.193. The Kier molecular flexibility index (Phi) is 14.3. The minimum absolute atomic E-state index is 0. The second kappa shape index (κ2) is 10.7. The van der Waals surface area contributed by atoms with Gasteiger partial charge in [-0.25, -0.2) is 5.01 Å². The summed E-state index contributed by atoms with van der Waals surface area (Å²) in [7, 11) is 0. The largest absolute Gasteiger partial charge is 1.00 e.